The van der Waals surface area contributed by atoms with Gasteiger partial charge in [-0.25, -0.2) is 0 Å². The number of ether oxygens (including phenoxy) is 1. The molecule has 1 amide bonds. The fourth-order valence-electron chi connectivity index (χ4n) is 2.86. The van der Waals surface area contributed by atoms with Crippen molar-refractivity contribution in [3.63, 3.8) is 0 Å². The zero-order valence-corrected chi connectivity index (χ0v) is 12.6. The third-order valence-corrected chi connectivity index (χ3v) is 4.01. The molecule has 1 aromatic rings. The van der Waals surface area contributed by atoms with E-state index in [1.165, 1.54) is 0 Å². The molecule has 4 nitrogen and oxygen atoms in total. The summed E-state index contributed by atoms with van der Waals surface area (Å²) in [6.45, 7) is 7.62. The van der Waals surface area contributed by atoms with Crippen LogP contribution in [0.2, 0.25) is 0 Å². The molecule has 0 saturated carbocycles. The Bertz CT molecular complexity index is 555. The van der Waals surface area contributed by atoms with Crippen molar-refractivity contribution in [2.24, 2.45) is 5.41 Å². The third-order valence-electron chi connectivity index (χ3n) is 4.01. The molecule has 0 radical (unpaired) electrons. The summed E-state index contributed by atoms with van der Waals surface area (Å²) in [5, 5.41) is 2.94. The number of allylic oxidation sites excluding steroid dienone is 2. The Morgan fingerprint density at radius 2 is 1.91 bits per heavy atom. The van der Waals surface area contributed by atoms with E-state index in [0.29, 0.717) is 12.8 Å². The Hall–Kier alpha value is -2.36. The summed E-state index contributed by atoms with van der Waals surface area (Å²) in [4.78, 5) is 24.4. The molecule has 0 spiro atoms. The maximum atomic E-state index is 12.2. The second-order valence-electron chi connectivity index (χ2n) is 5.52. The van der Waals surface area contributed by atoms with E-state index in [-0.39, 0.29) is 30.9 Å². The summed E-state index contributed by atoms with van der Waals surface area (Å²) in [5.74, 6) is -0.413. The molecule has 1 aliphatic rings. The zero-order chi connectivity index (χ0) is 16.0. The van der Waals surface area contributed by atoms with Gasteiger partial charge in [-0.05, 0) is 18.4 Å². The van der Waals surface area contributed by atoms with Gasteiger partial charge in [-0.15, -0.1) is 13.2 Å². The fraction of sp³-hybridized carbons (Fsp3) is 0.333. The Morgan fingerprint density at radius 1 is 1.27 bits per heavy atom. The number of carbonyl (C=O) groups is 2. The van der Waals surface area contributed by atoms with Crippen LogP contribution in [0.15, 0.2) is 55.6 Å². The highest BCUT2D eigenvalue weighted by Gasteiger charge is 2.51. The van der Waals surface area contributed by atoms with E-state index in [4.69, 9.17) is 4.74 Å². The molecule has 0 bridgehead atoms. The van der Waals surface area contributed by atoms with Gasteiger partial charge < -0.3 is 10.1 Å². The predicted molar refractivity (Wildman–Crippen MR) is 85.1 cm³/mol. The van der Waals surface area contributed by atoms with Gasteiger partial charge in [0.05, 0.1) is 17.9 Å². The van der Waals surface area contributed by atoms with E-state index in [0.717, 1.165) is 5.56 Å². The molecule has 1 fully saturated rings. The van der Waals surface area contributed by atoms with Gasteiger partial charge in [-0.1, -0.05) is 42.5 Å². The van der Waals surface area contributed by atoms with E-state index in [2.05, 4.69) is 18.5 Å². The number of amides is 1. The van der Waals surface area contributed by atoms with Crippen molar-refractivity contribution in [2.45, 2.75) is 25.3 Å². The summed E-state index contributed by atoms with van der Waals surface area (Å²) >= 11 is 0. The highest BCUT2D eigenvalue weighted by Crippen LogP contribution is 2.38. The lowest BCUT2D eigenvalue weighted by molar-refractivity contribution is -0.146. The molecule has 116 valence electrons. The lowest BCUT2D eigenvalue weighted by Crippen LogP contribution is -2.48. The standard InChI is InChI=1S/C18H21NO3/c1-3-10-18(11-4-2)15(13-22-17(18)21)19-16(20)12-14-8-6-5-7-9-14/h3-9,15H,1-2,10-13H2,(H,19,20)/t15-/m0/s1. The summed E-state index contributed by atoms with van der Waals surface area (Å²) in [6.07, 6.45) is 4.56. The second kappa shape index (κ2) is 7.07. The molecule has 1 aromatic carbocycles. The van der Waals surface area contributed by atoms with Crippen LogP contribution >= 0.6 is 0 Å². The van der Waals surface area contributed by atoms with Crippen molar-refractivity contribution in [3.8, 4) is 0 Å². The topological polar surface area (TPSA) is 55.4 Å². The molecule has 0 aliphatic carbocycles. The minimum atomic E-state index is -0.782. The molecule has 1 aliphatic heterocycles. The van der Waals surface area contributed by atoms with Gasteiger partial charge in [-0.3, -0.25) is 9.59 Å². The Balaban J connectivity index is 2.09. The van der Waals surface area contributed by atoms with E-state index in [1.54, 1.807) is 12.2 Å². The maximum Gasteiger partial charge on any atom is 0.315 e. The predicted octanol–water partition coefficient (Wildman–Crippen LogP) is 2.41. The molecule has 4 heteroatoms. The third kappa shape index (κ3) is 3.27. The van der Waals surface area contributed by atoms with Gasteiger partial charge in [0.15, 0.2) is 0 Å². The molecule has 0 unspecified atom stereocenters. The smallest absolute Gasteiger partial charge is 0.315 e. The van der Waals surface area contributed by atoms with Gasteiger partial charge >= 0.3 is 5.97 Å². The summed E-state index contributed by atoms with van der Waals surface area (Å²) in [5.41, 5.74) is 0.152. The first kappa shape index (κ1) is 16.0. The highest BCUT2D eigenvalue weighted by molar-refractivity contribution is 5.84. The summed E-state index contributed by atoms with van der Waals surface area (Å²) in [7, 11) is 0. The molecule has 0 aromatic heterocycles. The van der Waals surface area contributed by atoms with Crippen molar-refractivity contribution in [3.05, 3.63) is 61.2 Å². The van der Waals surface area contributed by atoms with Crippen LogP contribution in [0.25, 0.3) is 0 Å². The summed E-state index contributed by atoms with van der Waals surface area (Å²) < 4.78 is 5.19. The quantitative estimate of drug-likeness (QED) is 0.621. The molecular formula is C18H21NO3. The Morgan fingerprint density at radius 3 is 2.50 bits per heavy atom. The Kier molecular flexibility index (Phi) is 5.15. The van der Waals surface area contributed by atoms with Crippen LogP contribution in [-0.2, 0) is 20.7 Å². The van der Waals surface area contributed by atoms with Crippen LogP contribution in [0.1, 0.15) is 18.4 Å². The summed E-state index contributed by atoms with van der Waals surface area (Å²) in [6, 6.07) is 9.14. The van der Waals surface area contributed by atoms with E-state index < -0.39 is 5.41 Å². The average molecular weight is 299 g/mol. The first-order valence-corrected chi connectivity index (χ1v) is 7.34. The molecule has 1 heterocycles. The van der Waals surface area contributed by atoms with Crippen LogP contribution in [-0.4, -0.2) is 24.5 Å². The average Bonchev–Trinajstić information content (AvgIpc) is 2.78. The van der Waals surface area contributed by atoms with Gasteiger partial charge in [0.1, 0.15) is 6.61 Å². The van der Waals surface area contributed by atoms with Crippen molar-refractivity contribution in [2.75, 3.05) is 6.61 Å². The van der Waals surface area contributed by atoms with Gasteiger partial charge in [0.25, 0.3) is 0 Å². The second-order valence-corrected chi connectivity index (χ2v) is 5.52. The van der Waals surface area contributed by atoms with Gasteiger partial charge in [0, 0.05) is 0 Å². The van der Waals surface area contributed by atoms with Crippen LogP contribution in [0.4, 0.5) is 0 Å². The number of carbonyl (C=O) groups excluding carboxylic acids is 2. The lowest BCUT2D eigenvalue weighted by atomic mass is 9.76. The van der Waals surface area contributed by atoms with E-state index in [1.807, 2.05) is 30.3 Å². The van der Waals surface area contributed by atoms with Crippen molar-refractivity contribution < 1.29 is 14.3 Å². The zero-order valence-electron chi connectivity index (χ0n) is 12.6. The first-order chi connectivity index (χ1) is 10.6. The minimum Gasteiger partial charge on any atom is -0.463 e. The number of hydrogen-bond acceptors (Lipinski definition) is 3. The Labute approximate surface area is 130 Å². The molecule has 22 heavy (non-hydrogen) atoms. The SMILES string of the molecule is C=CCC1(CC=C)C(=O)OC[C@@H]1NC(=O)Cc1ccccc1. The number of cyclic esters (lactones) is 1. The normalized spacial score (nSPS) is 19.3. The molecule has 1 atom stereocenters. The molecule has 1 saturated heterocycles. The first-order valence-electron chi connectivity index (χ1n) is 7.34. The van der Waals surface area contributed by atoms with Crippen molar-refractivity contribution in [1.29, 1.82) is 0 Å². The van der Waals surface area contributed by atoms with E-state index in [9.17, 15) is 9.59 Å². The largest absolute Gasteiger partial charge is 0.463 e. The number of nitrogens with one attached hydrogen (secondary N) is 1. The monoisotopic (exact) mass is 299 g/mol. The molecule has 1 N–H and O–H groups in total. The number of rotatable bonds is 7. The number of esters is 1. The number of hydrogen-bond donors (Lipinski definition) is 1. The van der Waals surface area contributed by atoms with E-state index >= 15 is 0 Å². The van der Waals surface area contributed by atoms with Crippen molar-refractivity contribution >= 4 is 11.9 Å². The van der Waals surface area contributed by atoms with Crippen LogP contribution in [0, 0.1) is 5.41 Å². The van der Waals surface area contributed by atoms with Gasteiger partial charge in [-0.2, -0.15) is 0 Å². The molecular weight excluding hydrogens is 278 g/mol. The van der Waals surface area contributed by atoms with Crippen LogP contribution in [0.5, 0.6) is 0 Å². The van der Waals surface area contributed by atoms with Crippen molar-refractivity contribution in [1.82, 2.24) is 5.32 Å². The highest BCUT2D eigenvalue weighted by atomic mass is 16.5. The van der Waals surface area contributed by atoms with Crippen LogP contribution in [0.3, 0.4) is 0 Å². The fourth-order valence-corrected chi connectivity index (χ4v) is 2.86. The number of benzene rings is 1. The minimum absolute atomic E-state index is 0.119. The lowest BCUT2D eigenvalue weighted by Gasteiger charge is -2.29. The maximum absolute atomic E-state index is 12.2. The van der Waals surface area contributed by atoms with Gasteiger partial charge in [0.2, 0.25) is 5.91 Å². The molecule has 2 rings (SSSR count). The van der Waals surface area contributed by atoms with Crippen LogP contribution < -0.4 is 5.32 Å².